The second-order valence-corrected chi connectivity index (χ2v) is 5.67. The number of nitrogens with one attached hydrogen (secondary N) is 2. The quantitative estimate of drug-likeness (QED) is 0.753. The van der Waals surface area contributed by atoms with E-state index in [9.17, 15) is 19.5 Å². The summed E-state index contributed by atoms with van der Waals surface area (Å²) >= 11 is 0. The number of aryl methyl sites for hydroxylation is 1. The van der Waals surface area contributed by atoms with E-state index >= 15 is 0 Å². The molecule has 1 heterocycles. The van der Waals surface area contributed by atoms with Crippen molar-refractivity contribution >= 4 is 11.9 Å². The molecule has 0 aliphatic heterocycles. The van der Waals surface area contributed by atoms with Gasteiger partial charge < -0.3 is 15.4 Å². The molecule has 0 bridgehead atoms. The Morgan fingerprint density at radius 3 is 2.38 bits per heavy atom. The van der Waals surface area contributed by atoms with E-state index in [1.165, 1.54) is 6.07 Å². The Bertz CT molecular complexity index is 798. The number of hydrogen-bond donors (Lipinski definition) is 3. The van der Waals surface area contributed by atoms with Gasteiger partial charge in [0.25, 0.3) is 11.5 Å². The maximum absolute atomic E-state index is 12.3. The van der Waals surface area contributed by atoms with Gasteiger partial charge in [-0.25, -0.2) is 0 Å². The average Bonchev–Trinajstić information content (AvgIpc) is 2.56. The van der Waals surface area contributed by atoms with Crippen molar-refractivity contribution in [3.05, 3.63) is 69.6 Å². The molecule has 0 aliphatic rings. The van der Waals surface area contributed by atoms with Gasteiger partial charge in [-0.05, 0) is 31.0 Å². The van der Waals surface area contributed by atoms with Crippen LogP contribution in [0.3, 0.4) is 0 Å². The van der Waals surface area contributed by atoms with Crippen LogP contribution in [0.2, 0.25) is 0 Å². The largest absolute Gasteiger partial charge is 0.481 e. The molecule has 1 atom stereocenters. The number of carboxylic acid groups (broad SMARTS) is 1. The summed E-state index contributed by atoms with van der Waals surface area (Å²) in [7, 11) is 0. The number of aromatic amines is 1. The SMILES string of the molecule is CCC(CNC(=O)c1ccc(C)[nH]c1=O)(C(=O)O)c1ccccc1. The van der Waals surface area contributed by atoms with Crippen molar-refractivity contribution in [1.82, 2.24) is 10.3 Å². The Balaban J connectivity index is 2.27. The first-order valence-electron chi connectivity index (χ1n) is 7.68. The fourth-order valence-corrected chi connectivity index (χ4v) is 2.62. The molecule has 1 aromatic heterocycles. The van der Waals surface area contributed by atoms with Crippen LogP contribution >= 0.6 is 0 Å². The molecular weight excluding hydrogens is 308 g/mol. The minimum absolute atomic E-state index is 0.0379. The van der Waals surface area contributed by atoms with Gasteiger partial charge in [-0.1, -0.05) is 37.3 Å². The molecule has 6 heteroatoms. The summed E-state index contributed by atoms with van der Waals surface area (Å²) in [6, 6.07) is 11.8. The first kappa shape index (κ1) is 17.5. The highest BCUT2D eigenvalue weighted by molar-refractivity contribution is 5.94. The molecule has 1 amide bonds. The molecule has 3 N–H and O–H groups in total. The Morgan fingerprint density at radius 2 is 1.83 bits per heavy atom. The van der Waals surface area contributed by atoms with Crippen molar-refractivity contribution < 1.29 is 14.7 Å². The Hall–Kier alpha value is -2.89. The topological polar surface area (TPSA) is 99.3 Å². The number of carboxylic acids is 1. The van der Waals surface area contributed by atoms with Crippen LogP contribution < -0.4 is 10.9 Å². The van der Waals surface area contributed by atoms with Gasteiger partial charge in [-0.2, -0.15) is 0 Å². The van der Waals surface area contributed by atoms with Crippen LogP contribution in [0.1, 0.15) is 35.0 Å². The fraction of sp³-hybridized carbons (Fsp3) is 0.278. The van der Waals surface area contributed by atoms with Gasteiger partial charge in [0.2, 0.25) is 0 Å². The molecule has 126 valence electrons. The van der Waals surface area contributed by atoms with E-state index in [2.05, 4.69) is 10.3 Å². The van der Waals surface area contributed by atoms with E-state index in [-0.39, 0.29) is 12.1 Å². The predicted molar refractivity (Wildman–Crippen MR) is 90.2 cm³/mol. The minimum atomic E-state index is -1.24. The van der Waals surface area contributed by atoms with Crippen LogP contribution in [-0.4, -0.2) is 28.5 Å². The summed E-state index contributed by atoms with van der Waals surface area (Å²) in [5.41, 5.74) is -0.518. The lowest BCUT2D eigenvalue weighted by molar-refractivity contribution is -0.143. The van der Waals surface area contributed by atoms with Gasteiger partial charge in [0.05, 0.1) is 0 Å². The highest BCUT2D eigenvalue weighted by atomic mass is 16.4. The van der Waals surface area contributed by atoms with Crippen LogP contribution in [0.15, 0.2) is 47.3 Å². The number of pyridine rings is 1. The number of amides is 1. The third-order valence-electron chi connectivity index (χ3n) is 4.19. The van der Waals surface area contributed by atoms with Crippen molar-refractivity contribution in [2.45, 2.75) is 25.7 Å². The average molecular weight is 328 g/mol. The minimum Gasteiger partial charge on any atom is -0.481 e. The van der Waals surface area contributed by atoms with Crippen molar-refractivity contribution in [3.8, 4) is 0 Å². The first-order valence-corrected chi connectivity index (χ1v) is 7.68. The van der Waals surface area contributed by atoms with Gasteiger partial charge in [0, 0.05) is 12.2 Å². The molecule has 0 saturated heterocycles. The summed E-state index contributed by atoms with van der Waals surface area (Å²) in [5, 5.41) is 12.3. The molecular formula is C18H20N2O4. The maximum Gasteiger partial charge on any atom is 0.315 e. The standard InChI is InChI=1S/C18H20N2O4/c1-3-18(17(23)24,13-7-5-4-6-8-13)11-19-15(21)14-10-9-12(2)20-16(14)22/h4-10H,3,11H2,1-2H3,(H,19,21)(H,20,22)(H,23,24). The fourth-order valence-electron chi connectivity index (χ4n) is 2.62. The van der Waals surface area contributed by atoms with E-state index in [1.54, 1.807) is 50.2 Å². The van der Waals surface area contributed by atoms with Crippen LogP contribution in [0.5, 0.6) is 0 Å². The third-order valence-corrected chi connectivity index (χ3v) is 4.19. The number of rotatable bonds is 6. The number of carbonyl (C=O) groups is 2. The number of aliphatic carboxylic acids is 1. The smallest absolute Gasteiger partial charge is 0.315 e. The molecule has 1 aromatic carbocycles. The van der Waals surface area contributed by atoms with Crippen LogP contribution in [0.4, 0.5) is 0 Å². The Kier molecular flexibility index (Phi) is 5.18. The van der Waals surface area contributed by atoms with Gasteiger partial charge in [-0.15, -0.1) is 0 Å². The zero-order valence-corrected chi connectivity index (χ0v) is 13.6. The van der Waals surface area contributed by atoms with Gasteiger partial charge >= 0.3 is 5.97 Å². The number of benzene rings is 1. The Labute approximate surface area is 139 Å². The molecule has 0 aliphatic carbocycles. The number of aromatic nitrogens is 1. The first-order chi connectivity index (χ1) is 11.4. The lowest BCUT2D eigenvalue weighted by Crippen LogP contribution is -2.47. The van der Waals surface area contributed by atoms with Gasteiger partial charge in [0.15, 0.2) is 0 Å². The molecule has 0 saturated carbocycles. The zero-order chi connectivity index (χ0) is 17.7. The summed E-state index contributed by atoms with van der Waals surface area (Å²) in [6.07, 6.45) is 0.302. The van der Waals surface area contributed by atoms with E-state index in [4.69, 9.17) is 0 Å². The molecule has 6 nitrogen and oxygen atoms in total. The van der Waals surface area contributed by atoms with Gasteiger partial charge in [0.1, 0.15) is 11.0 Å². The van der Waals surface area contributed by atoms with Gasteiger partial charge in [-0.3, -0.25) is 14.4 Å². The molecule has 0 spiro atoms. The third kappa shape index (κ3) is 3.37. The monoisotopic (exact) mass is 328 g/mol. The van der Waals surface area contributed by atoms with E-state index in [0.717, 1.165) is 0 Å². The van der Waals surface area contributed by atoms with E-state index in [0.29, 0.717) is 17.7 Å². The molecule has 2 rings (SSSR count). The summed E-state index contributed by atoms with van der Waals surface area (Å²) in [5.74, 6) is -1.61. The molecule has 0 radical (unpaired) electrons. The highest BCUT2D eigenvalue weighted by Gasteiger charge is 2.39. The Morgan fingerprint density at radius 1 is 1.17 bits per heavy atom. The number of hydrogen-bond acceptors (Lipinski definition) is 3. The highest BCUT2D eigenvalue weighted by Crippen LogP contribution is 2.27. The maximum atomic E-state index is 12.3. The molecule has 0 fully saturated rings. The molecule has 1 unspecified atom stereocenters. The van der Waals surface area contributed by atoms with Crippen LogP contribution in [-0.2, 0) is 10.2 Å². The van der Waals surface area contributed by atoms with Crippen LogP contribution in [0.25, 0.3) is 0 Å². The lowest BCUT2D eigenvalue weighted by atomic mass is 9.78. The molecule has 2 aromatic rings. The van der Waals surface area contributed by atoms with Crippen molar-refractivity contribution in [2.24, 2.45) is 0 Å². The van der Waals surface area contributed by atoms with E-state index in [1.807, 2.05) is 0 Å². The van der Waals surface area contributed by atoms with Crippen molar-refractivity contribution in [2.75, 3.05) is 6.54 Å². The second kappa shape index (κ2) is 7.12. The molecule has 24 heavy (non-hydrogen) atoms. The van der Waals surface area contributed by atoms with Crippen molar-refractivity contribution in [3.63, 3.8) is 0 Å². The zero-order valence-electron chi connectivity index (χ0n) is 13.6. The second-order valence-electron chi connectivity index (χ2n) is 5.67. The normalized spacial score (nSPS) is 13.1. The van der Waals surface area contributed by atoms with E-state index < -0.39 is 22.9 Å². The number of H-pyrrole nitrogens is 1. The lowest BCUT2D eigenvalue weighted by Gasteiger charge is -2.29. The van der Waals surface area contributed by atoms with Crippen LogP contribution in [0, 0.1) is 6.92 Å². The predicted octanol–water partition coefficient (Wildman–Crippen LogP) is 1.85. The summed E-state index contributed by atoms with van der Waals surface area (Å²) in [6.45, 7) is 3.37. The summed E-state index contributed by atoms with van der Waals surface area (Å²) in [4.78, 5) is 38.6. The summed E-state index contributed by atoms with van der Waals surface area (Å²) < 4.78 is 0. The van der Waals surface area contributed by atoms with Crippen molar-refractivity contribution in [1.29, 1.82) is 0 Å². The number of carbonyl (C=O) groups excluding carboxylic acids is 1.